The summed E-state index contributed by atoms with van der Waals surface area (Å²) in [6.45, 7) is 13.2. The molecule has 0 spiro atoms. The van der Waals surface area contributed by atoms with Crippen LogP contribution in [0.25, 0.3) is 35.1 Å². The van der Waals surface area contributed by atoms with Gasteiger partial charge in [0.05, 0.1) is 22.8 Å². The fourth-order valence-electron chi connectivity index (χ4n) is 6.55. The lowest BCUT2D eigenvalue weighted by Crippen LogP contribution is -2.16. The number of rotatable bonds is 4. The normalized spacial score (nSPS) is 16.6. The summed E-state index contributed by atoms with van der Waals surface area (Å²) < 4.78 is 0. The maximum absolute atomic E-state index is 11.4. The van der Waals surface area contributed by atoms with Crippen molar-refractivity contribution in [2.45, 2.75) is 67.2 Å². The van der Waals surface area contributed by atoms with Crippen LogP contribution in [0, 0.1) is 0 Å². The van der Waals surface area contributed by atoms with Crippen LogP contribution in [-0.2, 0) is 12.8 Å². The van der Waals surface area contributed by atoms with Crippen molar-refractivity contribution in [1.29, 1.82) is 0 Å². The molecule has 0 aliphatic carbocycles. The molecule has 0 atom stereocenters. The van der Waals surface area contributed by atoms with Gasteiger partial charge in [-0.25, -0.2) is 9.98 Å². The van der Waals surface area contributed by atoms with Crippen molar-refractivity contribution < 1.29 is 5.11 Å². The zero-order chi connectivity index (χ0) is 28.1. The van der Waals surface area contributed by atoms with E-state index in [1.807, 2.05) is 24.3 Å². The van der Waals surface area contributed by atoms with E-state index in [-0.39, 0.29) is 5.75 Å². The average molecular weight is 528 g/mol. The first-order valence-corrected chi connectivity index (χ1v) is 14.6. The summed E-state index contributed by atoms with van der Waals surface area (Å²) in [4.78, 5) is 14.1. The van der Waals surface area contributed by atoms with Gasteiger partial charge in [-0.05, 0) is 114 Å². The molecular formula is C36H37N3O. The van der Waals surface area contributed by atoms with E-state index in [0.29, 0.717) is 0 Å². The summed E-state index contributed by atoms with van der Waals surface area (Å²) in [5, 5.41) is 15.5. The Balaban J connectivity index is 1.76. The Kier molecular flexibility index (Phi) is 6.58. The Morgan fingerprint density at radius 3 is 1.65 bits per heavy atom. The maximum Gasteiger partial charge on any atom is 0.130 e. The van der Waals surface area contributed by atoms with Crippen LogP contribution < -0.4 is 10.7 Å². The van der Waals surface area contributed by atoms with Crippen LogP contribution in [0.1, 0.15) is 76.6 Å². The minimum absolute atomic E-state index is 0.283. The van der Waals surface area contributed by atoms with Crippen LogP contribution in [0.15, 0.2) is 74.0 Å². The molecule has 202 valence electrons. The van der Waals surface area contributed by atoms with Gasteiger partial charge < -0.3 is 10.1 Å². The van der Waals surface area contributed by atoms with Gasteiger partial charge in [0.1, 0.15) is 5.75 Å². The largest absolute Gasteiger partial charge is 0.507 e. The predicted molar refractivity (Wildman–Crippen MR) is 170 cm³/mol. The van der Waals surface area contributed by atoms with Crippen LogP contribution in [0.4, 0.5) is 0 Å². The molecule has 8 bridgehead atoms. The molecule has 4 nitrogen and oxygen atoms in total. The molecule has 3 aromatic rings. The lowest BCUT2D eigenvalue weighted by Gasteiger charge is -2.10. The number of phenolic OH excluding ortho intramolecular Hbond substituents is 1. The monoisotopic (exact) mass is 527 g/mol. The smallest absolute Gasteiger partial charge is 0.130 e. The lowest BCUT2D eigenvalue weighted by molar-refractivity contribution is 0.480. The van der Waals surface area contributed by atoms with E-state index in [1.165, 1.54) is 27.8 Å². The highest BCUT2D eigenvalue weighted by atomic mass is 16.3. The molecule has 0 saturated heterocycles. The number of hydrogen-bond donors (Lipinski definition) is 2. The summed E-state index contributed by atoms with van der Waals surface area (Å²) in [5.41, 5.74) is 13.3. The third kappa shape index (κ3) is 4.05. The van der Waals surface area contributed by atoms with Gasteiger partial charge in [0.2, 0.25) is 0 Å². The van der Waals surface area contributed by atoms with Crippen LogP contribution in [-0.4, -0.2) is 21.5 Å². The van der Waals surface area contributed by atoms with E-state index in [1.54, 1.807) is 0 Å². The zero-order valence-electron chi connectivity index (χ0n) is 24.4. The molecule has 0 saturated carbocycles. The summed E-state index contributed by atoms with van der Waals surface area (Å²) >= 11 is 0. The molecule has 2 N–H and O–H groups in total. The van der Waals surface area contributed by atoms with Crippen molar-refractivity contribution in [3.8, 4) is 5.75 Å². The fraction of sp³-hybridized carbons (Fsp3) is 0.278. The van der Waals surface area contributed by atoms with Crippen molar-refractivity contribution >= 4 is 46.5 Å². The van der Waals surface area contributed by atoms with Crippen molar-refractivity contribution in [3.63, 3.8) is 0 Å². The van der Waals surface area contributed by atoms with Crippen molar-refractivity contribution in [2.75, 3.05) is 0 Å². The third-order valence-corrected chi connectivity index (χ3v) is 8.70. The third-order valence-electron chi connectivity index (χ3n) is 8.70. The minimum Gasteiger partial charge on any atom is -0.507 e. The maximum atomic E-state index is 11.4. The Hall–Kier alpha value is -4.18. The van der Waals surface area contributed by atoms with Crippen LogP contribution >= 0.6 is 0 Å². The van der Waals surface area contributed by atoms with Gasteiger partial charge in [-0.2, -0.15) is 0 Å². The molecule has 3 aliphatic rings. The average Bonchev–Trinajstić information content (AvgIpc) is 3.55. The van der Waals surface area contributed by atoms with Gasteiger partial charge >= 0.3 is 0 Å². The van der Waals surface area contributed by atoms with Gasteiger partial charge in [-0.3, -0.25) is 0 Å². The van der Waals surface area contributed by atoms with E-state index in [9.17, 15) is 5.11 Å². The number of hydrogen-bond acceptors (Lipinski definition) is 3. The summed E-state index contributed by atoms with van der Waals surface area (Å²) in [7, 11) is 0. The summed E-state index contributed by atoms with van der Waals surface area (Å²) in [5.74, 6) is 0.283. The molecule has 0 radical (unpaired) electrons. The second-order valence-corrected chi connectivity index (χ2v) is 10.8. The van der Waals surface area contributed by atoms with E-state index in [2.05, 4.69) is 76.9 Å². The summed E-state index contributed by atoms with van der Waals surface area (Å²) in [6, 6.07) is 10.1. The number of phenols is 1. The number of aromatic amines is 1. The molecule has 4 heteroatoms. The second-order valence-electron chi connectivity index (χ2n) is 10.8. The van der Waals surface area contributed by atoms with Crippen LogP contribution in [0.2, 0.25) is 0 Å². The van der Waals surface area contributed by atoms with Crippen LogP contribution in [0.5, 0.6) is 5.75 Å². The highest BCUT2D eigenvalue weighted by Gasteiger charge is 2.22. The molecule has 3 aliphatic heterocycles. The molecule has 2 aromatic carbocycles. The highest BCUT2D eigenvalue weighted by molar-refractivity contribution is 6.24. The fourth-order valence-corrected chi connectivity index (χ4v) is 6.55. The van der Waals surface area contributed by atoms with Gasteiger partial charge in [0.25, 0.3) is 0 Å². The Bertz CT molecular complexity index is 1900. The Morgan fingerprint density at radius 2 is 1.15 bits per heavy atom. The molecular weight excluding hydrogens is 490 g/mol. The first-order chi connectivity index (χ1) is 19.4. The molecule has 0 unspecified atom stereocenters. The van der Waals surface area contributed by atoms with Crippen LogP contribution in [0.3, 0.4) is 0 Å². The number of nitrogens with zero attached hydrogens (tertiary/aromatic N) is 2. The number of nitrogens with one attached hydrogen (secondary N) is 1. The van der Waals surface area contributed by atoms with Gasteiger partial charge in [0, 0.05) is 21.6 Å². The second kappa shape index (κ2) is 10.1. The van der Waals surface area contributed by atoms with E-state index in [4.69, 9.17) is 9.98 Å². The number of aromatic nitrogens is 1. The van der Waals surface area contributed by atoms with Gasteiger partial charge in [0.15, 0.2) is 0 Å². The number of fused-ring (bicyclic) bond motifs is 8. The van der Waals surface area contributed by atoms with Crippen molar-refractivity contribution in [2.24, 2.45) is 9.98 Å². The van der Waals surface area contributed by atoms with E-state index in [0.717, 1.165) is 86.7 Å². The highest BCUT2D eigenvalue weighted by Crippen LogP contribution is 2.38. The SMILES string of the molecule is CCC1=C(C)C2=Cc3cc(c4ccccc4c3O)C=C3N=C(C=c4[nH]c(c(CC)c4CC)=CC1=N2)C(CC)=C3C. The number of aliphatic imine (C=N–C) groups is 2. The molecule has 6 rings (SSSR count). The van der Waals surface area contributed by atoms with Gasteiger partial charge in [-0.15, -0.1) is 0 Å². The predicted octanol–water partition coefficient (Wildman–Crippen LogP) is 7.32. The molecule has 0 fully saturated rings. The quantitative estimate of drug-likeness (QED) is 0.367. The summed E-state index contributed by atoms with van der Waals surface area (Å²) in [6.07, 6.45) is 12.4. The number of allylic oxidation sites excluding steroid dienone is 4. The van der Waals surface area contributed by atoms with E-state index >= 15 is 0 Å². The van der Waals surface area contributed by atoms with Crippen molar-refractivity contribution in [1.82, 2.24) is 4.98 Å². The Morgan fingerprint density at radius 1 is 0.650 bits per heavy atom. The molecule has 4 heterocycles. The first-order valence-electron chi connectivity index (χ1n) is 14.6. The lowest BCUT2D eigenvalue weighted by atomic mass is 9.96. The molecule has 1 aromatic heterocycles. The zero-order valence-corrected chi connectivity index (χ0v) is 24.4. The molecule has 40 heavy (non-hydrogen) atoms. The topological polar surface area (TPSA) is 60.7 Å². The van der Waals surface area contributed by atoms with Gasteiger partial charge in [-0.1, -0.05) is 52.0 Å². The minimum atomic E-state index is 0.283. The number of aromatic hydroxyl groups is 1. The standard InChI is InChI=1S/C36H37N3O/c1-7-24-20(5)30-16-22-15-23(36(40)29-14-12-11-13-28(22)29)17-31-21(6)25(8-2)33(38-31)19-35-27(10-4)26(9-3)34(39-35)18-32(24)37-30/h11-19,39-40H,7-10H2,1-6H3. The number of benzene rings is 2. The molecule has 0 amide bonds. The number of H-pyrrole nitrogens is 1. The first kappa shape index (κ1) is 26.1. The Labute approximate surface area is 236 Å². The van der Waals surface area contributed by atoms with Crippen molar-refractivity contribution in [3.05, 3.63) is 97.0 Å². The van der Waals surface area contributed by atoms with E-state index < -0.39 is 0 Å².